The van der Waals surface area contributed by atoms with E-state index in [1.54, 1.807) is 0 Å². The van der Waals surface area contributed by atoms with Crippen molar-refractivity contribution in [3.05, 3.63) is 28.9 Å². The molecule has 0 aliphatic rings. The molecule has 0 atom stereocenters. The topological polar surface area (TPSA) is 35.0 Å². The van der Waals surface area contributed by atoms with Crippen LogP contribution in [-0.4, -0.2) is 16.6 Å². The lowest BCUT2D eigenvalue weighted by atomic mass is 10.4. The number of rotatable bonds is 3. The van der Waals surface area contributed by atoms with Crippen LogP contribution in [0.3, 0.4) is 0 Å². The van der Waals surface area contributed by atoms with Crippen LogP contribution in [0.2, 0.25) is 5.28 Å². The highest BCUT2D eigenvalue weighted by Gasteiger charge is 2.07. The standard InChI is InChI=1S/C10H9ClN2OS/c1-2-3-5-14-8-7-4-6-15-9(7)13-10(11)12-8/h2-4,6H,5H2,1H3/b3-2+. The zero-order valence-corrected chi connectivity index (χ0v) is 9.68. The molecule has 2 aromatic heterocycles. The second-order valence-electron chi connectivity index (χ2n) is 2.82. The number of thiophene rings is 1. The van der Waals surface area contributed by atoms with Gasteiger partial charge in [-0.15, -0.1) is 11.3 Å². The van der Waals surface area contributed by atoms with E-state index in [1.165, 1.54) is 11.3 Å². The van der Waals surface area contributed by atoms with Crippen molar-refractivity contribution in [2.45, 2.75) is 6.92 Å². The van der Waals surface area contributed by atoms with Crippen molar-refractivity contribution < 1.29 is 4.74 Å². The summed E-state index contributed by atoms with van der Waals surface area (Å²) in [5.74, 6) is 0.546. The largest absolute Gasteiger partial charge is 0.473 e. The fraction of sp³-hybridized carbons (Fsp3) is 0.200. The van der Waals surface area contributed by atoms with Crippen LogP contribution in [0.1, 0.15) is 6.92 Å². The maximum absolute atomic E-state index is 5.78. The summed E-state index contributed by atoms with van der Waals surface area (Å²) in [6, 6.07) is 1.93. The molecule has 0 bridgehead atoms. The van der Waals surface area contributed by atoms with Crippen LogP contribution in [0.5, 0.6) is 5.88 Å². The zero-order chi connectivity index (χ0) is 10.7. The van der Waals surface area contributed by atoms with Crippen LogP contribution < -0.4 is 4.74 Å². The predicted molar refractivity (Wildman–Crippen MR) is 62.7 cm³/mol. The summed E-state index contributed by atoms with van der Waals surface area (Å²) >= 11 is 7.30. The molecular formula is C10H9ClN2OS. The van der Waals surface area contributed by atoms with E-state index in [0.717, 1.165) is 10.2 Å². The molecule has 0 unspecified atom stereocenters. The summed E-state index contributed by atoms with van der Waals surface area (Å²) < 4.78 is 5.48. The number of ether oxygens (including phenoxy) is 1. The van der Waals surface area contributed by atoms with Crippen LogP contribution >= 0.6 is 22.9 Å². The lowest BCUT2D eigenvalue weighted by molar-refractivity contribution is 0.352. The number of hydrogen-bond acceptors (Lipinski definition) is 4. The molecule has 5 heteroatoms. The van der Waals surface area contributed by atoms with Crippen LogP contribution in [0.25, 0.3) is 10.2 Å². The average molecular weight is 241 g/mol. The second-order valence-corrected chi connectivity index (χ2v) is 4.05. The third kappa shape index (κ3) is 2.27. The highest BCUT2D eigenvalue weighted by molar-refractivity contribution is 7.16. The van der Waals surface area contributed by atoms with Gasteiger partial charge in [-0.1, -0.05) is 12.2 Å². The van der Waals surface area contributed by atoms with E-state index in [-0.39, 0.29) is 5.28 Å². The molecule has 0 saturated heterocycles. The Balaban J connectivity index is 2.35. The van der Waals surface area contributed by atoms with Crippen molar-refractivity contribution in [2.75, 3.05) is 6.61 Å². The third-order valence-electron chi connectivity index (χ3n) is 1.81. The maximum atomic E-state index is 5.78. The number of halogens is 1. The summed E-state index contributed by atoms with van der Waals surface area (Å²) in [6.07, 6.45) is 3.84. The minimum atomic E-state index is 0.223. The molecule has 0 radical (unpaired) electrons. The summed E-state index contributed by atoms with van der Waals surface area (Å²) in [5.41, 5.74) is 0. The summed E-state index contributed by atoms with van der Waals surface area (Å²) in [6.45, 7) is 2.44. The lowest BCUT2D eigenvalue weighted by Gasteiger charge is -2.03. The van der Waals surface area contributed by atoms with Gasteiger partial charge in [0.15, 0.2) is 0 Å². The zero-order valence-electron chi connectivity index (χ0n) is 8.11. The van der Waals surface area contributed by atoms with Crippen molar-refractivity contribution in [2.24, 2.45) is 0 Å². The van der Waals surface area contributed by atoms with Crippen molar-refractivity contribution in [1.29, 1.82) is 0 Å². The number of nitrogens with zero attached hydrogens (tertiary/aromatic N) is 2. The van der Waals surface area contributed by atoms with Crippen molar-refractivity contribution in [3.63, 3.8) is 0 Å². The Bertz CT molecular complexity index is 495. The first-order valence-corrected chi connectivity index (χ1v) is 5.71. The minimum absolute atomic E-state index is 0.223. The van der Waals surface area contributed by atoms with Gasteiger partial charge in [-0.2, -0.15) is 4.98 Å². The molecule has 78 valence electrons. The first-order valence-electron chi connectivity index (χ1n) is 4.46. The molecule has 3 nitrogen and oxygen atoms in total. The SMILES string of the molecule is C/C=C/COc1nc(Cl)nc2sccc12. The van der Waals surface area contributed by atoms with E-state index >= 15 is 0 Å². The predicted octanol–water partition coefficient (Wildman–Crippen LogP) is 3.30. The Morgan fingerprint density at radius 2 is 2.40 bits per heavy atom. The van der Waals surface area contributed by atoms with Gasteiger partial charge in [0.2, 0.25) is 11.2 Å². The highest BCUT2D eigenvalue weighted by Crippen LogP contribution is 2.27. The number of hydrogen-bond donors (Lipinski definition) is 0. The molecule has 0 N–H and O–H groups in total. The fourth-order valence-electron chi connectivity index (χ4n) is 1.14. The van der Waals surface area contributed by atoms with Crippen LogP contribution in [-0.2, 0) is 0 Å². The van der Waals surface area contributed by atoms with Gasteiger partial charge in [0, 0.05) is 0 Å². The number of allylic oxidation sites excluding steroid dienone is 1. The molecular weight excluding hydrogens is 232 g/mol. The molecule has 0 aliphatic carbocycles. The Labute approximate surface area is 96.4 Å². The quantitative estimate of drug-likeness (QED) is 0.610. The summed E-state index contributed by atoms with van der Waals surface area (Å²) in [5, 5.41) is 3.08. The summed E-state index contributed by atoms with van der Waals surface area (Å²) in [4.78, 5) is 9.00. The van der Waals surface area contributed by atoms with Crippen molar-refractivity contribution >= 4 is 33.2 Å². The Morgan fingerprint density at radius 1 is 1.53 bits per heavy atom. The van der Waals surface area contributed by atoms with E-state index in [9.17, 15) is 0 Å². The maximum Gasteiger partial charge on any atom is 0.227 e. The molecule has 0 aromatic carbocycles. The van der Waals surface area contributed by atoms with Gasteiger partial charge < -0.3 is 4.74 Å². The smallest absolute Gasteiger partial charge is 0.227 e. The van der Waals surface area contributed by atoms with E-state index < -0.39 is 0 Å². The molecule has 0 saturated carbocycles. The summed E-state index contributed by atoms with van der Waals surface area (Å²) in [7, 11) is 0. The van der Waals surface area contributed by atoms with Gasteiger partial charge in [0.25, 0.3) is 0 Å². The van der Waals surface area contributed by atoms with Crippen LogP contribution in [0.15, 0.2) is 23.6 Å². The first-order chi connectivity index (χ1) is 7.31. The van der Waals surface area contributed by atoms with E-state index in [1.807, 2.05) is 30.5 Å². The van der Waals surface area contributed by atoms with Crippen LogP contribution in [0.4, 0.5) is 0 Å². The van der Waals surface area contributed by atoms with Gasteiger partial charge in [-0.05, 0) is 30.0 Å². The van der Waals surface area contributed by atoms with E-state index in [0.29, 0.717) is 12.5 Å². The monoisotopic (exact) mass is 240 g/mol. The van der Waals surface area contributed by atoms with Crippen molar-refractivity contribution in [3.8, 4) is 5.88 Å². The average Bonchev–Trinajstić information content (AvgIpc) is 2.65. The molecule has 0 spiro atoms. The van der Waals surface area contributed by atoms with Gasteiger partial charge in [0.1, 0.15) is 11.4 Å². The molecule has 2 rings (SSSR count). The van der Waals surface area contributed by atoms with Gasteiger partial charge in [-0.3, -0.25) is 0 Å². The highest BCUT2D eigenvalue weighted by atomic mass is 35.5. The fourth-order valence-corrected chi connectivity index (χ4v) is 2.10. The van der Waals surface area contributed by atoms with E-state index in [2.05, 4.69) is 9.97 Å². The van der Waals surface area contributed by atoms with Gasteiger partial charge >= 0.3 is 0 Å². The normalized spacial score (nSPS) is 11.3. The Kier molecular flexibility index (Phi) is 3.18. The minimum Gasteiger partial charge on any atom is -0.473 e. The number of fused-ring (bicyclic) bond motifs is 1. The molecule has 0 amide bonds. The first kappa shape index (κ1) is 10.4. The molecule has 0 fully saturated rings. The molecule has 15 heavy (non-hydrogen) atoms. The van der Waals surface area contributed by atoms with Gasteiger partial charge in [0.05, 0.1) is 5.39 Å². The van der Waals surface area contributed by atoms with Crippen molar-refractivity contribution in [1.82, 2.24) is 9.97 Å². The van der Waals surface area contributed by atoms with Gasteiger partial charge in [-0.25, -0.2) is 4.98 Å². The molecule has 0 aliphatic heterocycles. The third-order valence-corrected chi connectivity index (χ3v) is 2.79. The lowest BCUT2D eigenvalue weighted by Crippen LogP contribution is -1.97. The van der Waals surface area contributed by atoms with E-state index in [4.69, 9.17) is 16.3 Å². The Hall–Kier alpha value is -1.13. The number of aromatic nitrogens is 2. The van der Waals surface area contributed by atoms with Crippen LogP contribution in [0, 0.1) is 0 Å². The molecule has 2 heterocycles. The molecule has 2 aromatic rings. The Morgan fingerprint density at radius 3 is 3.20 bits per heavy atom. The second kappa shape index (κ2) is 4.59.